The Bertz CT molecular complexity index is 675. The third-order valence-electron chi connectivity index (χ3n) is 4.46. The summed E-state index contributed by atoms with van der Waals surface area (Å²) in [4.78, 5) is 8.93. The van der Waals surface area contributed by atoms with E-state index in [1.165, 1.54) is 37.7 Å². The molecule has 1 fully saturated rings. The van der Waals surface area contributed by atoms with E-state index >= 15 is 0 Å². The van der Waals surface area contributed by atoms with Crippen LogP contribution in [-0.4, -0.2) is 23.5 Å². The number of aryl methyl sites for hydroxylation is 1. The normalized spacial score (nSPS) is 15.6. The topological polar surface area (TPSA) is 76.4 Å². The molecule has 0 atom stereocenters. The lowest BCUT2D eigenvalue weighted by molar-refractivity contribution is 0.412. The molecule has 0 saturated heterocycles. The molecule has 1 aliphatic carbocycles. The first-order chi connectivity index (χ1) is 11.7. The first-order valence-corrected chi connectivity index (χ1v) is 8.78. The van der Waals surface area contributed by atoms with Crippen LogP contribution in [0.3, 0.4) is 0 Å². The number of nitrogens with two attached hydrogens (primary N) is 1. The molecular weight excluding hydrogens is 427 g/mol. The van der Waals surface area contributed by atoms with Crippen LogP contribution in [0.25, 0.3) is 11.5 Å². The van der Waals surface area contributed by atoms with Gasteiger partial charge in [0.15, 0.2) is 5.96 Å². The molecule has 1 saturated carbocycles. The fourth-order valence-corrected chi connectivity index (χ4v) is 3.04. The smallest absolute Gasteiger partial charge is 0.226 e. The highest BCUT2D eigenvalue weighted by Crippen LogP contribution is 2.19. The molecule has 5 nitrogen and oxygen atoms in total. The van der Waals surface area contributed by atoms with E-state index in [0.29, 0.717) is 24.4 Å². The Labute approximate surface area is 166 Å². The minimum atomic E-state index is 0. The molecule has 3 N–H and O–H groups in total. The summed E-state index contributed by atoms with van der Waals surface area (Å²) in [6.45, 7) is 2.68. The number of benzene rings is 1. The maximum Gasteiger partial charge on any atom is 0.226 e. The molecule has 0 aliphatic heterocycles. The summed E-state index contributed by atoms with van der Waals surface area (Å²) in [7, 11) is 0. The van der Waals surface area contributed by atoms with E-state index in [0.717, 1.165) is 17.7 Å². The van der Waals surface area contributed by atoms with Crippen LogP contribution >= 0.6 is 24.0 Å². The van der Waals surface area contributed by atoms with Crippen molar-refractivity contribution in [3.8, 4) is 11.5 Å². The van der Waals surface area contributed by atoms with Crippen LogP contribution in [0, 0.1) is 6.92 Å². The number of aliphatic imine (C=N–C) groups is 1. The molecule has 136 valence electrons. The summed E-state index contributed by atoms with van der Waals surface area (Å²) in [6.07, 6.45) is 8.72. The lowest BCUT2D eigenvalue weighted by atomic mass is 9.96. The average Bonchev–Trinajstić information content (AvgIpc) is 3.05. The maximum atomic E-state index is 5.97. The van der Waals surface area contributed by atoms with Crippen LogP contribution in [0.2, 0.25) is 0 Å². The Morgan fingerprint density at radius 3 is 2.68 bits per heavy atom. The van der Waals surface area contributed by atoms with Gasteiger partial charge >= 0.3 is 0 Å². The molecule has 1 aromatic heterocycles. The molecule has 0 unspecified atom stereocenters. The molecular formula is C19H27IN4O. The largest absolute Gasteiger partial charge is 0.444 e. The van der Waals surface area contributed by atoms with E-state index in [2.05, 4.69) is 34.3 Å². The van der Waals surface area contributed by atoms with Crippen molar-refractivity contribution in [2.45, 2.75) is 51.5 Å². The second-order valence-electron chi connectivity index (χ2n) is 6.51. The van der Waals surface area contributed by atoms with Gasteiger partial charge < -0.3 is 15.5 Å². The second kappa shape index (κ2) is 9.79. The molecule has 0 bridgehead atoms. The molecule has 2 aromatic rings. The van der Waals surface area contributed by atoms with Crippen molar-refractivity contribution in [3.63, 3.8) is 0 Å². The van der Waals surface area contributed by atoms with Gasteiger partial charge in [-0.1, -0.05) is 37.0 Å². The summed E-state index contributed by atoms with van der Waals surface area (Å²) in [5.41, 5.74) is 9.09. The zero-order valence-electron chi connectivity index (χ0n) is 14.7. The van der Waals surface area contributed by atoms with Crippen molar-refractivity contribution >= 4 is 29.9 Å². The van der Waals surface area contributed by atoms with Gasteiger partial charge in [-0.2, -0.15) is 0 Å². The van der Waals surface area contributed by atoms with Gasteiger partial charge in [-0.25, -0.2) is 4.98 Å². The van der Waals surface area contributed by atoms with E-state index in [1.54, 1.807) is 6.26 Å². The van der Waals surface area contributed by atoms with Crippen LogP contribution in [-0.2, 0) is 6.42 Å². The monoisotopic (exact) mass is 454 g/mol. The van der Waals surface area contributed by atoms with E-state index in [4.69, 9.17) is 10.2 Å². The number of guanidine groups is 1. The standard InChI is InChI=1S/C19H26N4O.HI/c1-14-7-9-15(10-8-14)18-22-17(13-24-18)11-12-21-19(20)23-16-5-3-2-4-6-16;/h7-10,13,16H,2-6,11-12H2,1H3,(H3,20,21,23);1H. The third kappa shape index (κ3) is 6.02. The van der Waals surface area contributed by atoms with E-state index in [1.807, 2.05) is 12.1 Å². The fraction of sp³-hybridized carbons (Fsp3) is 0.474. The molecule has 0 spiro atoms. The Balaban J connectivity index is 0.00000225. The number of nitrogens with one attached hydrogen (secondary N) is 1. The van der Waals surface area contributed by atoms with Crippen LogP contribution < -0.4 is 11.1 Å². The average molecular weight is 454 g/mol. The van der Waals surface area contributed by atoms with Crippen molar-refractivity contribution < 1.29 is 4.42 Å². The van der Waals surface area contributed by atoms with Gasteiger partial charge in [0.05, 0.1) is 5.69 Å². The van der Waals surface area contributed by atoms with Crippen LogP contribution in [0.15, 0.2) is 39.9 Å². The number of hydrogen-bond donors (Lipinski definition) is 2. The van der Waals surface area contributed by atoms with Gasteiger partial charge in [0.1, 0.15) is 6.26 Å². The van der Waals surface area contributed by atoms with Crippen LogP contribution in [0.4, 0.5) is 0 Å². The highest BCUT2D eigenvalue weighted by Gasteiger charge is 2.13. The molecule has 0 radical (unpaired) electrons. The zero-order valence-corrected chi connectivity index (χ0v) is 17.0. The molecule has 1 heterocycles. The molecule has 1 aromatic carbocycles. The molecule has 0 amide bonds. The Morgan fingerprint density at radius 2 is 1.96 bits per heavy atom. The number of aromatic nitrogens is 1. The Hall–Kier alpha value is -1.57. The van der Waals surface area contributed by atoms with Gasteiger partial charge in [-0.05, 0) is 31.9 Å². The molecule has 3 rings (SSSR count). The first kappa shape index (κ1) is 19.8. The van der Waals surface area contributed by atoms with Gasteiger partial charge in [0, 0.05) is 24.6 Å². The molecule has 1 aliphatic rings. The minimum absolute atomic E-state index is 0. The quantitative estimate of drug-likeness (QED) is 0.406. The van der Waals surface area contributed by atoms with Crippen molar-refractivity contribution in [3.05, 3.63) is 41.8 Å². The maximum absolute atomic E-state index is 5.97. The highest BCUT2D eigenvalue weighted by atomic mass is 127. The number of hydrogen-bond acceptors (Lipinski definition) is 3. The number of oxazole rings is 1. The Kier molecular flexibility index (Phi) is 7.74. The minimum Gasteiger partial charge on any atom is -0.444 e. The summed E-state index contributed by atoms with van der Waals surface area (Å²) < 4.78 is 5.56. The Morgan fingerprint density at radius 1 is 1.24 bits per heavy atom. The van der Waals surface area contributed by atoms with Crippen LogP contribution in [0.5, 0.6) is 0 Å². The zero-order chi connectivity index (χ0) is 16.8. The first-order valence-electron chi connectivity index (χ1n) is 8.78. The van der Waals surface area contributed by atoms with E-state index in [-0.39, 0.29) is 24.0 Å². The summed E-state index contributed by atoms with van der Waals surface area (Å²) in [5, 5.41) is 3.33. The van der Waals surface area contributed by atoms with Crippen LogP contribution in [0.1, 0.15) is 43.4 Å². The molecule has 25 heavy (non-hydrogen) atoms. The van der Waals surface area contributed by atoms with Crippen molar-refractivity contribution in [2.75, 3.05) is 6.54 Å². The predicted molar refractivity (Wildman–Crippen MR) is 112 cm³/mol. The number of rotatable bonds is 5. The summed E-state index contributed by atoms with van der Waals surface area (Å²) in [5.74, 6) is 1.20. The summed E-state index contributed by atoms with van der Waals surface area (Å²) in [6, 6.07) is 8.65. The molecule has 6 heteroatoms. The summed E-state index contributed by atoms with van der Waals surface area (Å²) >= 11 is 0. The second-order valence-corrected chi connectivity index (χ2v) is 6.51. The van der Waals surface area contributed by atoms with Crippen molar-refractivity contribution in [1.82, 2.24) is 10.3 Å². The van der Waals surface area contributed by atoms with E-state index < -0.39 is 0 Å². The van der Waals surface area contributed by atoms with Gasteiger partial charge in [-0.3, -0.25) is 4.99 Å². The fourth-order valence-electron chi connectivity index (χ4n) is 3.04. The number of nitrogens with zero attached hydrogens (tertiary/aromatic N) is 2. The van der Waals surface area contributed by atoms with Gasteiger partial charge in [0.25, 0.3) is 0 Å². The lowest BCUT2D eigenvalue weighted by Crippen LogP contribution is -2.41. The SMILES string of the molecule is Cc1ccc(-c2nc(CCN=C(N)NC3CCCCC3)co2)cc1.I. The van der Waals surface area contributed by atoms with Gasteiger partial charge in [-0.15, -0.1) is 24.0 Å². The van der Waals surface area contributed by atoms with Crippen molar-refractivity contribution in [2.24, 2.45) is 10.7 Å². The van der Waals surface area contributed by atoms with E-state index in [9.17, 15) is 0 Å². The number of halogens is 1. The van der Waals surface area contributed by atoms with Gasteiger partial charge in [0.2, 0.25) is 5.89 Å². The highest BCUT2D eigenvalue weighted by molar-refractivity contribution is 14.0. The predicted octanol–water partition coefficient (Wildman–Crippen LogP) is 4.05. The third-order valence-corrected chi connectivity index (χ3v) is 4.46. The lowest BCUT2D eigenvalue weighted by Gasteiger charge is -2.23. The van der Waals surface area contributed by atoms with Crippen molar-refractivity contribution in [1.29, 1.82) is 0 Å².